The van der Waals surface area contributed by atoms with E-state index in [1.807, 2.05) is 6.08 Å². The summed E-state index contributed by atoms with van der Waals surface area (Å²) in [7, 11) is 0. The van der Waals surface area contributed by atoms with E-state index in [9.17, 15) is 4.79 Å². The third kappa shape index (κ3) is 3.52. The van der Waals surface area contributed by atoms with Crippen LogP contribution < -0.4 is 0 Å². The largest absolute Gasteiger partial charge is 0.459 e. The number of unbranched alkanes of at least 4 members (excludes halogenated alkanes) is 1. The third-order valence-corrected chi connectivity index (χ3v) is 4.12. The Morgan fingerprint density at radius 3 is 2.85 bits per heavy atom. The third-order valence-electron chi connectivity index (χ3n) is 4.12. The topological polar surface area (TPSA) is 58.8 Å². The van der Waals surface area contributed by atoms with Gasteiger partial charge >= 0.3 is 0 Å². The molecule has 2 heterocycles. The van der Waals surface area contributed by atoms with Gasteiger partial charge in [-0.15, -0.1) is 0 Å². The number of amides is 1. The fourth-order valence-corrected chi connectivity index (χ4v) is 2.63. The van der Waals surface area contributed by atoms with Gasteiger partial charge in [-0.05, 0) is 43.6 Å². The molecule has 1 saturated heterocycles. The van der Waals surface area contributed by atoms with Crippen molar-refractivity contribution in [1.29, 1.82) is 0 Å². The van der Waals surface area contributed by atoms with Gasteiger partial charge < -0.3 is 19.5 Å². The van der Waals surface area contributed by atoms with Crippen molar-refractivity contribution >= 4 is 5.91 Å². The molecule has 1 N–H and O–H groups in total. The Morgan fingerprint density at radius 1 is 1.40 bits per heavy atom. The maximum Gasteiger partial charge on any atom is 0.288 e. The maximum absolute atomic E-state index is 12.1. The van der Waals surface area contributed by atoms with Crippen LogP contribution in [0, 0.1) is 11.8 Å². The molecular weight excluding hydrogens is 258 g/mol. The van der Waals surface area contributed by atoms with E-state index in [1.54, 1.807) is 4.90 Å². The predicted molar refractivity (Wildman–Crippen MR) is 72.6 cm³/mol. The highest BCUT2D eigenvalue weighted by Gasteiger charge is 2.39. The van der Waals surface area contributed by atoms with E-state index < -0.39 is 0 Å². The van der Waals surface area contributed by atoms with Gasteiger partial charge in [0.15, 0.2) is 5.76 Å². The van der Waals surface area contributed by atoms with Crippen LogP contribution in [-0.4, -0.2) is 48.5 Å². The highest BCUT2D eigenvalue weighted by Crippen LogP contribution is 2.43. The first kappa shape index (κ1) is 13.9. The second-order valence-electron chi connectivity index (χ2n) is 5.91. The van der Waals surface area contributed by atoms with Crippen molar-refractivity contribution in [2.75, 3.05) is 26.3 Å². The lowest BCUT2D eigenvalue weighted by Gasteiger charge is -2.29. The highest BCUT2D eigenvalue weighted by molar-refractivity contribution is 5.93. The molecule has 2 aliphatic heterocycles. The van der Waals surface area contributed by atoms with Gasteiger partial charge in [-0.2, -0.15) is 0 Å². The fourth-order valence-electron chi connectivity index (χ4n) is 2.63. The molecule has 0 radical (unpaired) electrons. The van der Waals surface area contributed by atoms with Crippen LogP contribution in [-0.2, 0) is 14.3 Å². The Labute approximate surface area is 119 Å². The predicted octanol–water partition coefficient (Wildman–Crippen LogP) is 1.27. The van der Waals surface area contributed by atoms with Crippen LogP contribution in [0.4, 0.5) is 0 Å². The zero-order chi connectivity index (χ0) is 13.9. The Balaban J connectivity index is 1.56. The summed E-state index contributed by atoms with van der Waals surface area (Å²) in [5.74, 6) is 1.63. The number of carbonyl (C=O) groups excluding carboxylic acids is 1. The second kappa shape index (κ2) is 6.14. The fraction of sp³-hybridized carbons (Fsp3) is 0.800. The van der Waals surface area contributed by atoms with Crippen LogP contribution in [0.15, 0.2) is 11.8 Å². The number of nitrogens with zero attached hydrogens (tertiary/aromatic N) is 1. The lowest BCUT2D eigenvalue weighted by atomic mass is 9.96. The summed E-state index contributed by atoms with van der Waals surface area (Å²) in [5.41, 5.74) is 0. The van der Waals surface area contributed by atoms with Crippen molar-refractivity contribution in [2.45, 2.75) is 38.4 Å². The van der Waals surface area contributed by atoms with Gasteiger partial charge in [0.1, 0.15) is 0 Å². The minimum absolute atomic E-state index is 0.0132. The first-order valence-corrected chi connectivity index (χ1v) is 7.68. The Kier molecular flexibility index (Phi) is 4.27. The number of aliphatic hydroxyl groups is 1. The van der Waals surface area contributed by atoms with Crippen molar-refractivity contribution in [2.24, 2.45) is 11.8 Å². The number of allylic oxidation sites excluding steroid dienone is 1. The van der Waals surface area contributed by atoms with E-state index in [1.165, 1.54) is 12.8 Å². The van der Waals surface area contributed by atoms with Gasteiger partial charge in [-0.1, -0.05) is 0 Å². The summed E-state index contributed by atoms with van der Waals surface area (Å²) in [6.45, 7) is 2.46. The summed E-state index contributed by atoms with van der Waals surface area (Å²) in [4.78, 5) is 13.9. The normalized spacial score (nSPS) is 28.9. The number of hydrogen-bond acceptors (Lipinski definition) is 4. The Bertz CT molecular complexity index is 387. The van der Waals surface area contributed by atoms with Crippen molar-refractivity contribution in [3.8, 4) is 0 Å². The molecular formula is C15H23NO4. The van der Waals surface area contributed by atoms with Crippen LogP contribution in [0.3, 0.4) is 0 Å². The molecule has 0 aromatic heterocycles. The molecule has 20 heavy (non-hydrogen) atoms. The molecule has 0 unspecified atom stereocenters. The van der Waals surface area contributed by atoms with Gasteiger partial charge in [-0.25, -0.2) is 0 Å². The van der Waals surface area contributed by atoms with Crippen molar-refractivity contribution in [1.82, 2.24) is 4.90 Å². The van der Waals surface area contributed by atoms with E-state index in [4.69, 9.17) is 14.6 Å². The van der Waals surface area contributed by atoms with Crippen molar-refractivity contribution in [3.05, 3.63) is 11.8 Å². The first-order chi connectivity index (χ1) is 9.78. The standard InChI is InChI=1S/C15H23NO4/c17-7-1-2-8-19-14-10-12(11-3-4-11)9-13(20-14)15(18)16-5-6-16/h9,11-12,14,17H,1-8,10H2/t12-,14+/m0/s1. The summed E-state index contributed by atoms with van der Waals surface area (Å²) in [6, 6.07) is 0. The molecule has 2 fully saturated rings. The summed E-state index contributed by atoms with van der Waals surface area (Å²) < 4.78 is 11.5. The summed E-state index contributed by atoms with van der Waals surface area (Å²) in [5, 5.41) is 8.76. The molecule has 0 bridgehead atoms. The summed E-state index contributed by atoms with van der Waals surface area (Å²) in [6.07, 6.45) is 6.64. The van der Waals surface area contributed by atoms with Crippen LogP contribution in [0.25, 0.3) is 0 Å². The van der Waals surface area contributed by atoms with Crippen LogP contribution in [0.5, 0.6) is 0 Å². The smallest absolute Gasteiger partial charge is 0.288 e. The summed E-state index contributed by atoms with van der Waals surface area (Å²) >= 11 is 0. The Morgan fingerprint density at radius 2 is 2.20 bits per heavy atom. The number of hydrogen-bond donors (Lipinski definition) is 1. The monoisotopic (exact) mass is 281 g/mol. The number of carbonyl (C=O) groups is 1. The first-order valence-electron chi connectivity index (χ1n) is 7.68. The van der Waals surface area contributed by atoms with E-state index in [0.717, 1.165) is 32.4 Å². The average molecular weight is 281 g/mol. The molecule has 3 aliphatic rings. The SMILES string of the molecule is O=C(C1=C[C@H](C2CC2)C[C@H](OCCCCO)O1)N1CC1. The molecule has 0 aromatic carbocycles. The molecule has 0 aromatic rings. The molecule has 1 amide bonds. The lowest BCUT2D eigenvalue weighted by Crippen LogP contribution is -2.30. The van der Waals surface area contributed by atoms with Gasteiger partial charge in [0.25, 0.3) is 5.91 Å². The van der Waals surface area contributed by atoms with E-state index in [-0.39, 0.29) is 18.8 Å². The minimum Gasteiger partial charge on any atom is -0.459 e. The lowest BCUT2D eigenvalue weighted by molar-refractivity contribution is -0.152. The van der Waals surface area contributed by atoms with Crippen LogP contribution in [0.1, 0.15) is 32.1 Å². The average Bonchev–Trinajstić information content (AvgIpc) is 3.33. The second-order valence-corrected chi connectivity index (χ2v) is 5.91. The number of rotatable bonds is 7. The van der Waals surface area contributed by atoms with Crippen LogP contribution >= 0.6 is 0 Å². The van der Waals surface area contributed by atoms with Gasteiger partial charge in [0.2, 0.25) is 6.29 Å². The van der Waals surface area contributed by atoms with Crippen molar-refractivity contribution < 1.29 is 19.4 Å². The molecule has 3 rings (SSSR count). The number of ether oxygens (including phenoxy) is 2. The zero-order valence-corrected chi connectivity index (χ0v) is 11.8. The van der Waals surface area contributed by atoms with Gasteiger partial charge in [0, 0.05) is 26.1 Å². The van der Waals surface area contributed by atoms with Gasteiger partial charge in [-0.3, -0.25) is 4.79 Å². The molecule has 0 spiro atoms. The molecule has 112 valence electrons. The van der Waals surface area contributed by atoms with E-state index in [2.05, 4.69) is 0 Å². The highest BCUT2D eigenvalue weighted by atomic mass is 16.7. The molecule has 2 atom stereocenters. The van der Waals surface area contributed by atoms with Gasteiger partial charge in [0.05, 0.1) is 6.61 Å². The van der Waals surface area contributed by atoms with Crippen LogP contribution in [0.2, 0.25) is 0 Å². The number of aliphatic hydroxyl groups excluding tert-OH is 1. The maximum atomic E-state index is 12.1. The van der Waals surface area contributed by atoms with Crippen molar-refractivity contribution in [3.63, 3.8) is 0 Å². The van der Waals surface area contributed by atoms with E-state index >= 15 is 0 Å². The minimum atomic E-state index is -0.303. The van der Waals surface area contributed by atoms with E-state index in [0.29, 0.717) is 24.2 Å². The molecule has 1 aliphatic carbocycles. The molecule has 1 saturated carbocycles. The molecule has 5 nitrogen and oxygen atoms in total. The molecule has 5 heteroatoms. The Hall–Kier alpha value is -1.07. The zero-order valence-electron chi connectivity index (χ0n) is 11.8. The quantitative estimate of drug-likeness (QED) is 0.564.